The maximum atomic E-state index is 12.2. The van der Waals surface area contributed by atoms with Crippen molar-refractivity contribution in [3.05, 3.63) is 47.5 Å². The first kappa shape index (κ1) is 21.8. The maximum Gasteiger partial charge on any atom is 0.338 e. The Morgan fingerprint density at radius 2 is 1.97 bits per heavy atom. The Balaban J connectivity index is 1.79. The van der Waals surface area contributed by atoms with Crippen LogP contribution in [0, 0.1) is 5.92 Å². The van der Waals surface area contributed by atoms with Crippen LogP contribution in [0.25, 0.3) is 11.0 Å². The molecule has 0 amide bonds. The fraction of sp³-hybridized carbons (Fsp3) is 0.440. The number of esters is 1. The molecule has 1 aliphatic rings. The number of carbonyl (C=O) groups excluding carboxylic acids is 1. The third-order valence-electron chi connectivity index (χ3n) is 6.37. The van der Waals surface area contributed by atoms with Crippen molar-refractivity contribution in [2.45, 2.75) is 58.4 Å². The Morgan fingerprint density at radius 3 is 2.61 bits per heavy atom. The van der Waals surface area contributed by atoms with Gasteiger partial charge in [0.15, 0.2) is 0 Å². The van der Waals surface area contributed by atoms with Gasteiger partial charge in [0.1, 0.15) is 0 Å². The molecule has 1 fully saturated rings. The molecular weight excluding hydrogens is 405 g/mol. The van der Waals surface area contributed by atoms with Gasteiger partial charge in [-0.25, -0.2) is 9.78 Å². The Bertz CT molecular complexity index is 1090. The van der Waals surface area contributed by atoms with Crippen molar-refractivity contribution in [2.75, 3.05) is 12.4 Å². The lowest BCUT2D eigenvalue weighted by atomic mass is 9.87. The number of hydrogen-bond acceptors (Lipinski definition) is 4. The van der Waals surface area contributed by atoms with Crippen molar-refractivity contribution in [3.63, 3.8) is 0 Å². The van der Waals surface area contributed by atoms with Crippen molar-refractivity contribution in [1.82, 2.24) is 9.55 Å². The van der Waals surface area contributed by atoms with Crippen LogP contribution in [0.1, 0.15) is 74.3 Å². The van der Waals surface area contributed by atoms with Gasteiger partial charge >= 0.3 is 5.97 Å². The van der Waals surface area contributed by atoms with Gasteiger partial charge in [-0.15, -0.1) is 9.24 Å². The van der Waals surface area contributed by atoms with E-state index in [-0.39, 0.29) is 5.97 Å². The zero-order valence-corrected chi connectivity index (χ0v) is 20.0. The summed E-state index contributed by atoms with van der Waals surface area (Å²) in [6.07, 6.45) is 4.78. The summed E-state index contributed by atoms with van der Waals surface area (Å²) < 4.78 is 7.30. The SMILES string of the molecule is COC(=O)c1cc2nc(Nc3ccc(C(C)C)cc3)n(C3CCCC(C)C3)c2cc1P. The van der Waals surface area contributed by atoms with Crippen LogP contribution in [0.5, 0.6) is 0 Å². The van der Waals surface area contributed by atoms with Crippen LogP contribution in [-0.2, 0) is 4.74 Å². The summed E-state index contributed by atoms with van der Waals surface area (Å²) in [6.45, 7) is 6.73. The van der Waals surface area contributed by atoms with Crippen LogP contribution >= 0.6 is 9.24 Å². The summed E-state index contributed by atoms with van der Waals surface area (Å²) in [5, 5.41) is 4.38. The Labute approximate surface area is 186 Å². The summed E-state index contributed by atoms with van der Waals surface area (Å²) in [7, 11) is 4.08. The van der Waals surface area contributed by atoms with Crippen molar-refractivity contribution < 1.29 is 9.53 Å². The molecule has 1 N–H and O–H groups in total. The molecule has 6 heteroatoms. The molecule has 1 aliphatic carbocycles. The third-order valence-corrected chi connectivity index (χ3v) is 6.85. The summed E-state index contributed by atoms with van der Waals surface area (Å²) in [4.78, 5) is 17.1. The smallest absolute Gasteiger partial charge is 0.338 e. The van der Waals surface area contributed by atoms with Gasteiger partial charge < -0.3 is 14.6 Å². The predicted molar refractivity (Wildman–Crippen MR) is 131 cm³/mol. The quantitative estimate of drug-likeness (QED) is 0.396. The largest absolute Gasteiger partial charge is 0.465 e. The van der Waals surface area contributed by atoms with Crippen LogP contribution in [0.4, 0.5) is 11.6 Å². The first-order valence-corrected chi connectivity index (χ1v) is 11.7. The molecule has 3 unspecified atom stereocenters. The molecule has 3 aromatic rings. The summed E-state index contributed by atoms with van der Waals surface area (Å²) in [5.74, 6) is 1.68. The van der Waals surface area contributed by atoms with Crippen LogP contribution in [0.2, 0.25) is 0 Å². The monoisotopic (exact) mass is 437 g/mol. The molecule has 164 valence electrons. The summed E-state index contributed by atoms with van der Waals surface area (Å²) in [5.41, 5.74) is 4.73. The third kappa shape index (κ3) is 4.48. The van der Waals surface area contributed by atoms with E-state index in [9.17, 15) is 4.79 Å². The lowest BCUT2D eigenvalue weighted by Crippen LogP contribution is -2.19. The van der Waals surface area contributed by atoms with Gasteiger partial charge in [0.25, 0.3) is 0 Å². The number of imidazole rings is 1. The van der Waals surface area contributed by atoms with Gasteiger partial charge in [0.05, 0.1) is 23.7 Å². The lowest BCUT2D eigenvalue weighted by Gasteiger charge is -2.29. The van der Waals surface area contributed by atoms with E-state index in [2.05, 4.69) is 64.2 Å². The van der Waals surface area contributed by atoms with Gasteiger partial charge in [0.2, 0.25) is 5.95 Å². The van der Waals surface area contributed by atoms with E-state index in [0.717, 1.165) is 40.8 Å². The summed E-state index contributed by atoms with van der Waals surface area (Å²) in [6, 6.07) is 12.8. The molecule has 4 rings (SSSR count). The van der Waals surface area contributed by atoms with Gasteiger partial charge in [-0.05, 0) is 59.8 Å². The molecule has 5 nitrogen and oxygen atoms in total. The zero-order valence-electron chi connectivity index (χ0n) is 18.8. The van der Waals surface area contributed by atoms with Gasteiger partial charge in [-0.1, -0.05) is 45.7 Å². The molecule has 1 saturated carbocycles. The second-order valence-corrected chi connectivity index (χ2v) is 9.67. The van der Waals surface area contributed by atoms with E-state index in [1.54, 1.807) is 0 Å². The number of methoxy groups -OCH3 is 1. The van der Waals surface area contributed by atoms with Crippen molar-refractivity contribution in [1.29, 1.82) is 0 Å². The Morgan fingerprint density at radius 1 is 1.23 bits per heavy atom. The highest BCUT2D eigenvalue weighted by molar-refractivity contribution is 7.27. The Kier molecular flexibility index (Phi) is 6.34. The average molecular weight is 438 g/mol. The number of aromatic nitrogens is 2. The zero-order chi connectivity index (χ0) is 22.1. The number of ether oxygens (including phenoxy) is 1. The number of nitrogens with zero attached hydrogens (tertiary/aromatic N) is 2. The van der Waals surface area contributed by atoms with Crippen LogP contribution in [-0.4, -0.2) is 22.6 Å². The first-order chi connectivity index (χ1) is 14.9. The van der Waals surface area contributed by atoms with Crippen LogP contribution in [0.3, 0.4) is 0 Å². The highest BCUT2D eigenvalue weighted by Crippen LogP contribution is 2.37. The molecule has 0 aliphatic heterocycles. The number of carbonyl (C=O) groups is 1. The van der Waals surface area contributed by atoms with Crippen molar-refractivity contribution in [3.8, 4) is 0 Å². The minimum atomic E-state index is -0.341. The molecule has 2 aromatic carbocycles. The minimum absolute atomic E-state index is 0.341. The second kappa shape index (κ2) is 9.00. The molecule has 0 spiro atoms. The molecule has 0 saturated heterocycles. The van der Waals surface area contributed by atoms with E-state index in [1.807, 2.05) is 12.1 Å². The van der Waals surface area contributed by atoms with Crippen molar-refractivity contribution >= 4 is 43.2 Å². The standard InChI is InChI=1S/C25H32N3O2P/c1-15(2)17-8-10-18(11-9-17)26-25-27-21-13-20(24(29)30-4)23(31)14-22(21)28(25)19-7-5-6-16(3)12-19/h8-11,13-16,19H,5-7,12,31H2,1-4H3,(H,26,27). The fourth-order valence-electron chi connectivity index (χ4n) is 4.62. The second-order valence-electron chi connectivity index (χ2n) is 9.05. The number of hydrogen-bond donors (Lipinski definition) is 1. The van der Waals surface area contributed by atoms with E-state index in [4.69, 9.17) is 9.72 Å². The van der Waals surface area contributed by atoms with E-state index < -0.39 is 0 Å². The highest BCUT2D eigenvalue weighted by atomic mass is 31.0. The molecule has 3 atom stereocenters. The number of anilines is 2. The average Bonchev–Trinajstić information content (AvgIpc) is 3.09. The minimum Gasteiger partial charge on any atom is -0.465 e. The van der Waals surface area contributed by atoms with Gasteiger partial charge in [-0.3, -0.25) is 0 Å². The topological polar surface area (TPSA) is 56.1 Å². The number of fused-ring (bicyclic) bond motifs is 1. The van der Waals surface area contributed by atoms with Crippen molar-refractivity contribution in [2.24, 2.45) is 5.92 Å². The molecule has 0 bridgehead atoms. The lowest BCUT2D eigenvalue weighted by molar-refractivity contribution is 0.0602. The van der Waals surface area contributed by atoms with Crippen LogP contribution < -0.4 is 10.6 Å². The highest BCUT2D eigenvalue weighted by Gasteiger charge is 2.26. The maximum absolute atomic E-state index is 12.2. The molecular formula is C25H32N3O2P. The fourth-order valence-corrected chi connectivity index (χ4v) is 4.98. The molecule has 31 heavy (non-hydrogen) atoms. The van der Waals surface area contributed by atoms with Gasteiger partial charge in [-0.2, -0.15) is 0 Å². The van der Waals surface area contributed by atoms with E-state index in [1.165, 1.54) is 25.5 Å². The molecule has 1 aromatic heterocycles. The number of rotatable bonds is 5. The number of nitrogens with one attached hydrogen (secondary N) is 1. The molecule has 1 heterocycles. The Hall–Kier alpha value is -2.39. The predicted octanol–water partition coefficient (Wildman–Crippen LogP) is 5.94. The number of benzene rings is 2. The summed E-state index contributed by atoms with van der Waals surface area (Å²) >= 11 is 0. The normalized spacial score (nSPS) is 19.0. The first-order valence-electron chi connectivity index (χ1n) is 11.1. The van der Waals surface area contributed by atoms with E-state index >= 15 is 0 Å². The van der Waals surface area contributed by atoms with Gasteiger partial charge in [0, 0.05) is 11.7 Å². The van der Waals surface area contributed by atoms with E-state index in [0.29, 0.717) is 23.4 Å². The van der Waals surface area contributed by atoms with Crippen LogP contribution in [0.15, 0.2) is 36.4 Å². The molecule has 0 radical (unpaired) electrons.